The van der Waals surface area contributed by atoms with Crippen molar-refractivity contribution in [3.63, 3.8) is 0 Å². The zero-order chi connectivity index (χ0) is 12.2. The molecular weight excluding hydrogens is 248 g/mol. The van der Waals surface area contributed by atoms with Gasteiger partial charge in [0.05, 0.1) is 19.1 Å². The first-order chi connectivity index (χ1) is 7.29. The standard InChI is InChI=1S/C8H14F3O4P/c9-8(10,11)6-7-4-2-1-3-5-14-16(12,13)15-7/h7H,1-6H2,(H,12,13). The third-order valence-electron chi connectivity index (χ3n) is 2.17. The van der Waals surface area contributed by atoms with Crippen LogP contribution >= 0.6 is 7.82 Å². The summed E-state index contributed by atoms with van der Waals surface area (Å²) in [4.78, 5) is 9.12. The predicted molar refractivity (Wildman–Crippen MR) is 49.8 cm³/mol. The summed E-state index contributed by atoms with van der Waals surface area (Å²) in [7, 11) is -4.33. The molecule has 4 nitrogen and oxygen atoms in total. The number of alkyl halides is 3. The van der Waals surface area contributed by atoms with E-state index >= 15 is 0 Å². The minimum atomic E-state index is -4.40. The van der Waals surface area contributed by atoms with Gasteiger partial charge in [-0.05, 0) is 12.8 Å². The second-order valence-electron chi connectivity index (χ2n) is 3.70. The molecule has 0 spiro atoms. The fourth-order valence-corrected chi connectivity index (χ4v) is 2.48. The molecule has 1 aliphatic rings. The summed E-state index contributed by atoms with van der Waals surface area (Å²) < 4.78 is 56.6. The summed E-state index contributed by atoms with van der Waals surface area (Å²) in [6.07, 6.45) is -5.06. The largest absolute Gasteiger partial charge is 0.472 e. The first-order valence-electron chi connectivity index (χ1n) is 5.01. The van der Waals surface area contributed by atoms with Gasteiger partial charge in [0.2, 0.25) is 0 Å². The Hall–Kier alpha value is -0.100. The van der Waals surface area contributed by atoms with Crippen LogP contribution in [0.15, 0.2) is 0 Å². The molecule has 1 saturated heterocycles. The summed E-state index contributed by atoms with van der Waals surface area (Å²) in [6.45, 7) is 0.0342. The van der Waals surface area contributed by atoms with Crippen LogP contribution in [0.25, 0.3) is 0 Å². The van der Waals surface area contributed by atoms with E-state index in [-0.39, 0.29) is 13.0 Å². The number of hydrogen-bond donors (Lipinski definition) is 1. The number of phosphoric acid groups is 1. The van der Waals surface area contributed by atoms with Crippen molar-refractivity contribution in [3.8, 4) is 0 Å². The SMILES string of the molecule is O=P1(O)OCCCCCC(CC(F)(F)F)O1. The van der Waals surface area contributed by atoms with Crippen LogP contribution < -0.4 is 0 Å². The molecule has 8 heteroatoms. The predicted octanol–water partition coefficient (Wildman–Crippen LogP) is 3.02. The second kappa shape index (κ2) is 5.49. The zero-order valence-electron chi connectivity index (χ0n) is 8.57. The van der Waals surface area contributed by atoms with E-state index in [4.69, 9.17) is 4.89 Å². The van der Waals surface area contributed by atoms with Crippen LogP contribution in [-0.4, -0.2) is 23.8 Å². The van der Waals surface area contributed by atoms with Crippen LogP contribution in [0.2, 0.25) is 0 Å². The lowest BCUT2D eigenvalue weighted by Crippen LogP contribution is -2.21. The highest BCUT2D eigenvalue weighted by Crippen LogP contribution is 2.47. The Kier molecular flexibility index (Phi) is 4.79. The van der Waals surface area contributed by atoms with Gasteiger partial charge >= 0.3 is 14.0 Å². The van der Waals surface area contributed by atoms with E-state index < -0.39 is 26.5 Å². The Balaban J connectivity index is 2.61. The van der Waals surface area contributed by atoms with Gasteiger partial charge in [-0.3, -0.25) is 9.05 Å². The maximum Gasteiger partial charge on any atom is 0.472 e. The quantitative estimate of drug-likeness (QED) is 0.738. The molecule has 0 aromatic rings. The van der Waals surface area contributed by atoms with Crippen LogP contribution in [0.1, 0.15) is 32.1 Å². The maximum atomic E-state index is 12.1. The number of halogens is 3. The van der Waals surface area contributed by atoms with E-state index in [1.165, 1.54) is 0 Å². The highest BCUT2D eigenvalue weighted by atomic mass is 31.2. The molecular formula is C8H14F3O4P. The van der Waals surface area contributed by atoms with Gasteiger partial charge in [0.15, 0.2) is 0 Å². The molecule has 0 saturated carbocycles. The van der Waals surface area contributed by atoms with E-state index in [9.17, 15) is 17.7 Å². The Bertz CT molecular complexity index is 268. The van der Waals surface area contributed by atoms with Gasteiger partial charge in [-0.15, -0.1) is 0 Å². The van der Waals surface area contributed by atoms with Gasteiger partial charge in [-0.2, -0.15) is 13.2 Å². The molecule has 1 aliphatic heterocycles. The third-order valence-corrected chi connectivity index (χ3v) is 3.24. The molecule has 2 atom stereocenters. The van der Waals surface area contributed by atoms with E-state index in [1.54, 1.807) is 0 Å². The molecule has 0 amide bonds. The summed E-state index contributed by atoms with van der Waals surface area (Å²) in [5.41, 5.74) is 0. The molecule has 2 unspecified atom stereocenters. The Morgan fingerprint density at radius 2 is 2.00 bits per heavy atom. The lowest BCUT2D eigenvalue weighted by atomic mass is 10.1. The van der Waals surface area contributed by atoms with Crippen molar-refractivity contribution in [3.05, 3.63) is 0 Å². The van der Waals surface area contributed by atoms with Crippen molar-refractivity contribution in [1.82, 2.24) is 0 Å². The van der Waals surface area contributed by atoms with Gasteiger partial charge in [0.25, 0.3) is 0 Å². The minimum absolute atomic E-state index is 0.0342. The monoisotopic (exact) mass is 262 g/mol. The molecule has 1 heterocycles. The minimum Gasteiger partial charge on any atom is -0.302 e. The van der Waals surface area contributed by atoms with Crippen molar-refractivity contribution < 1.29 is 31.7 Å². The molecule has 0 radical (unpaired) electrons. The maximum absolute atomic E-state index is 12.1. The van der Waals surface area contributed by atoms with Crippen molar-refractivity contribution in [2.45, 2.75) is 44.4 Å². The molecule has 16 heavy (non-hydrogen) atoms. The van der Waals surface area contributed by atoms with Gasteiger partial charge in [-0.1, -0.05) is 12.8 Å². The first kappa shape index (κ1) is 14.0. The van der Waals surface area contributed by atoms with Crippen molar-refractivity contribution in [1.29, 1.82) is 0 Å². The normalized spacial score (nSPS) is 33.9. The fourth-order valence-electron chi connectivity index (χ4n) is 1.50. The highest BCUT2D eigenvalue weighted by Gasteiger charge is 2.36. The highest BCUT2D eigenvalue weighted by molar-refractivity contribution is 7.47. The summed E-state index contributed by atoms with van der Waals surface area (Å²) >= 11 is 0. The van der Waals surface area contributed by atoms with Gasteiger partial charge in [0.1, 0.15) is 0 Å². The molecule has 1 rings (SSSR count). The molecule has 0 aliphatic carbocycles. The third kappa shape index (κ3) is 5.84. The molecule has 0 aromatic heterocycles. The number of rotatable bonds is 1. The number of phosphoric ester groups is 1. The van der Waals surface area contributed by atoms with Gasteiger partial charge in [0, 0.05) is 0 Å². The molecule has 1 fully saturated rings. The van der Waals surface area contributed by atoms with Crippen molar-refractivity contribution in [2.24, 2.45) is 0 Å². The Labute approximate surface area is 91.4 Å². The van der Waals surface area contributed by atoms with Crippen LogP contribution in [0.4, 0.5) is 13.2 Å². The molecule has 96 valence electrons. The average molecular weight is 262 g/mol. The molecule has 0 aromatic carbocycles. The zero-order valence-corrected chi connectivity index (χ0v) is 9.47. The van der Waals surface area contributed by atoms with Crippen LogP contribution in [-0.2, 0) is 13.6 Å². The topological polar surface area (TPSA) is 55.8 Å². The van der Waals surface area contributed by atoms with E-state index in [1.807, 2.05) is 0 Å². The summed E-state index contributed by atoms with van der Waals surface area (Å²) in [6, 6.07) is 0. The van der Waals surface area contributed by atoms with Crippen LogP contribution in [0.3, 0.4) is 0 Å². The van der Waals surface area contributed by atoms with E-state index in [2.05, 4.69) is 9.05 Å². The van der Waals surface area contributed by atoms with Gasteiger partial charge < -0.3 is 4.89 Å². The Morgan fingerprint density at radius 1 is 1.31 bits per heavy atom. The van der Waals surface area contributed by atoms with E-state index in [0.717, 1.165) is 0 Å². The van der Waals surface area contributed by atoms with Gasteiger partial charge in [-0.25, -0.2) is 4.57 Å². The smallest absolute Gasteiger partial charge is 0.302 e. The van der Waals surface area contributed by atoms with Crippen LogP contribution in [0.5, 0.6) is 0 Å². The lowest BCUT2D eigenvalue weighted by molar-refractivity contribution is -0.152. The van der Waals surface area contributed by atoms with E-state index in [0.29, 0.717) is 19.3 Å². The average Bonchev–Trinajstić information content (AvgIpc) is 2.12. The summed E-state index contributed by atoms with van der Waals surface area (Å²) in [5, 5.41) is 0. The van der Waals surface area contributed by atoms with Crippen molar-refractivity contribution in [2.75, 3.05) is 6.61 Å². The lowest BCUT2D eigenvalue weighted by Gasteiger charge is -2.20. The van der Waals surface area contributed by atoms with Crippen LogP contribution in [0, 0.1) is 0 Å². The van der Waals surface area contributed by atoms with Crippen molar-refractivity contribution >= 4 is 7.82 Å². The number of hydrogen-bond acceptors (Lipinski definition) is 3. The Morgan fingerprint density at radius 3 is 2.62 bits per heavy atom. The molecule has 1 N–H and O–H groups in total. The first-order valence-corrected chi connectivity index (χ1v) is 6.50. The fraction of sp³-hybridized carbons (Fsp3) is 1.00. The molecule has 0 bridgehead atoms. The second-order valence-corrected chi connectivity index (χ2v) is 5.10. The summed E-state index contributed by atoms with van der Waals surface area (Å²) in [5.74, 6) is 0.